The maximum absolute atomic E-state index is 15.3. The number of aromatic nitrogens is 1. The van der Waals surface area contributed by atoms with Gasteiger partial charge in [-0.15, -0.1) is 0 Å². The minimum absolute atomic E-state index is 0.254. The number of phenols is 1. The van der Waals surface area contributed by atoms with E-state index in [4.69, 9.17) is 5.73 Å². The van der Waals surface area contributed by atoms with Gasteiger partial charge in [0.25, 0.3) is 0 Å². The van der Waals surface area contributed by atoms with E-state index >= 15 is 4.32 Å². The van der Waals surface area contributed by atoms with Crippen molar-refractivity contribution < 1.29 is 13.9 Å². The molecule has 0 fully saturated rings. The average Bonchev–Trinajstić information content (AvgIpc) is 3.25. The molecule has 0 spiro atoms. The van der Waals surface area contributed by atoms with Crippen LogP contribution in [0.25, 0.3) is 17.7 Å². The van der Waals surface area contributed by atoms with Gasteiger partial charge in [0.05, 0.1) is 0 Å². The van der Waals surface area contributed by atoms with Crippen molar-refractivity contribution in [1.29, 1.82) is 0 Å². The summed E-state index contributed by atoms with van der Waals surface area (Å²) in [6, 6.07) is 7.50. The smallest absolute Gasteiger partial charge is 0.508 e. The molecular formula is C21H22BFN3O. The van der Waals surface area contributed by atoms with Crippen LogP contribution in [-0.2, 0) is 0 Å². The molecule has 0 unspecified atom stereocenters. The average molecular weight is 362 g/mol. The summed E-state index contributed by atoms with van der Waals surface area (Å²) in [6.07, 6.45) is 10.0. The number of aromatic hydroxyl groups is 1. The van der Waals surface area contributed by atoms with Crippen molar-refractivity contribution in [3.63, 3.8) is 0 Å². The highest BCUT2D eigenvalue weighted by molar-refractivity contribution is 6.43. The third-order valence-corrected chi connectivity index (χ3v) is 5.15. The zero-order chi connectivity index (χ0) is 19.1. The Balaban J connectivity index is 1.80. The molecule has 4 rings (SSSR count). The van der Waals surface area contributed by atoms with Crippen LogP contribution >= 0.6 is 0 Å². The standard InChI is InChI=1S/C21H21BFN3O/c1-14-5-6-16(13-20(14)27)7-8-17-12-15(2)21-18(9-10-24)19-4-3-11-25(19)22(23)26(17)21/h3-8,11-13H,9-10,24H2,1-2H3/q-1/p+1/b8-7+. The summed E-state index contributed by atoms with van der Waals surface area (Å²) in [4.78, 5) is 0. The molecule has 0 saturated carbocycles. The Morgan fingerprint density at radius 3 is 2.78 bits per heavy atom. The summed E-state index contributed by atoms with van der Waals surface area (Å²) in [5, 5.41) is 9.90. The van der Waals surface area contributed by atoms with E-state index in [1.165, 1.54) is 0 Å². The number of rotatable bonds is 4. The Kier molecular flexibility index (Phi) is 4.36. The molecule has 137 valence electrons. The predicted molar refractivity (Wildman–Crippen MR) is 109 cm³/mol. The lowest BCUT2D eigenvalue weighted by Gasteiger charge is -2.30. The zero-order valence-corrected chi connectivity index (χ0v) is 15.5. The number of nitrogens with zero attached hydrogens (tertiary/aromatic N) is 2. The second-order valence-electron chi connectivity index (χ2n) is 6.98. The Bertz CT molecular complexity index is 1050. The highest BCUT2D eigenvalue weighted by atomic mass is 19.1. The maximum Gasteiger partial charge on any atom is 0.533 e. The Hall–Kier alpha value is -2.86. The van der Waals surface area contributed by atoms with Gasteiger partial charge in [0.1, 0.15) is 12.0 Å². The second kappa shape index (κ2) is 6.70. The number of aryl methyl sites for hydroxylation is 2. The molecule has 2 aromatic rings. The lowest BCUT2D eigenvalue weighted by molar-refractivity contribution is -0.329. The van der Waals surface area contributed by atoms with E-state index in [9.17, 15) is 5.11 Å². The molecular weight excluding hydrogens is 340 g/mol. The number of nitrogens with two attached hydrogens (primary N) is 1. The van der Waals surface area contributed by atoms with Gasteiger partial charge >= 0.3 is 7.26 Å². The molecule has 2 aliphatic rings. The van der Waals surface area contributed by atoms with Crippen LogP contribution in [0.4, 0.5) is 4.32 Å². The SMILES string of the molecule is Cc1ccc(/C=C/c2cc(C)c3n2[B-](F)[N+]2=CC=CC2=C3CCN)cc1O. The minimum Gasteiger partial charge on any atom is -0.508 e. The van der Waals surface area contributed by atoms with Crippen molar-refractivity contribution in [2.24, 2.45) is 5.73 Å². The molecule has 0 amide bonds. The minimum atomic E-state index is -1.30. The van der Waals surface area contributed by atoms with Crippen LogP contribution in [0.5, 0.6) is 5.75 Å². The fourth-order valence-electron chi connectivity index (χ4n) is 3.80. The third-order valence-electron chi connectivity index (χ3n) is 5.15. The molecule has 1 aromatic carbocycles. The number of halogens is 1. The Labute approximate surface area is 158 Å². The number of benzene rings is 1. The van der Waals surface area contributed by atoms with Crippen LogP contribution in [0.2, 0.25) is 0 Å². The lowest BCUT2D eigenvalue weighted by atomic mass is 9.91. The Morgan fingerprint density at radius 2 is 2.04 bits per heavy atom. The maximum atomic E-state index is 15.3. The molecule has 27 heavy (non-hydrogen) atoms. The monoisotopic (exact) mass is 362 g/mol. The van der Waals surface area contributed by atoms with E-state index in [1.807, 2.05) is 56.4 Å². The van der Waals surface area contributed by atoms with E-state index in [-0.39, 0.29) is 5.75 Å². The number of hydrogen-bond acceptors (Lipinski definition) is 2. The van der Waals surface area contributed by atoms with E-state index < -0.39 is 7.26 Å². The van der Waals surface area contributed by atoms with Crippen LogP contribution in [-0.4, -0.2) is 34.1 Å². The van der Waals surface area contributed by atoms with Gasteiger partial charge in [-0.25, -0.2) is 0 Å². The van der Waals surface area contributed by atoms with Crippen LogP contribution in [0.3, 0.4) is 0 Å². The summed E-state index contributed by atoms with van der Waals surface area (Å²) in [6.45, 7) is 4.37. The Morgan fingerprint density at radius 1 is 1.22 bits per heavy atom. The summed E-state index contributed by atoms with van der Waals surface area (Å²) >= 11 is 0. The quantitative estimate of drug-likeness (QED) is 0.818. The molecule has 0 saturated heterocycles. The normalized spacial score (nSPS) is 16.2. The van der Waals surface area contributed by atoms with Crippen molar-refractivity contribution >= 4 is 31.2 Å². The van der Waals surface area contributed by atoms with Crippen LogP contribution in [0.15, 0.2) is 42.1 Å². The molecule has 3 N–H and O–H groups in total. The molecule has 2 aliphatic heterocycles. The van der Waals surface area contributed by atoms with Crippen molar-refractivity contribution in [2.75, 3.05) is 6.54 Å². The van der Waals surface area contributed by atoms with Gasteiger partial charge in [-0.3, -0.25) is 0 Å². The van der Waals surface area contributed by atoms with Gasteiger partial charge < -0.3 is 24.1 Å². The summed E-state index contributed by atoms with van der Waals surface area (Å²) in [7, 11) is -1.30. The van der Waals surface area contributed by atoms with Gasteiger partial charge in [0, 0.05) is 29.1 Å². The largest absolute Gasteiger partial charge is 0.533 e. The van der Waals surface area contributed by atoms with E-state index in [1.54, 1.807) is 21.2 Å². The highest BCUT2D eigenvalue weighted by Crippen LogP contribution is 2.35. The number of hydrogen-bond donors (Lipinski definition) is 2. The molecule has 3 heterocycles. The van der Waals surface area contributed by atoms with Crippen LogP contribution in [0.1, 0.15) is 34.5 Å². The van der Waals surface area contributed by atoms with E-state index in [0.717, 1.165) is 39.3 Å². The third kappa shape index (κ3) is 2.86. The van der Waals surface area contributed by atoms with Crippen molar-refractivity contribution in [2.45, 2.75) is 20.3 Å². The molecule has 0 atom stereocenters. The van der Waals surface area contributed by atoms with Crippen molar-refractivity contribution in [1.82, 2.24) is 4.48 Å². The second-order valence-corrected chi connectivity index (χ2v) is 6.98. The number of allylic oxidation sites excluding steroid dienone is 2. The molecule has 4 nitrogen and oxygen atoms in total. The van der Waals surface area contributed by atoms with Gasteiger partial charge in [0.2, 0.25) is 0 Å². The van der Waals surface area contributed by atoms with Gasteiger partial charge in [-0.05, 0) is 61.7 Å². The number of fused-ring (bicyclic) bond motifs is 2. The topological polar surface area (TPSA) is 54.2 Å². The zero-order valence-electron chi connectivity index (χ0n) is 15.5. The van der Waals surface area contributed by atoms with Crippen LogP contribution in [0, 0.1) is 13.8 Å². The fraction of sp³-hybridized carbons (Fsp3) is 0.190. The first kappa shape index (κ1) is 17.6. The summed E-state index contributed by atoms with van der Waals surface area (Å²) in [5.74, 6) is 0.254. The summed E-state index contributed by atoms with van der Waals surface area (Å²) < 4.78 is 18.7. The molecule has 0 bridgehead atoms. The molecule has 1 aromatic heterocycles. The first-order valence-corrected chi connectivity index (χ1v) is 9.08. The molecule has 6 heteroatoms. The molecule has 0 aliphatic carbocycles. The highest BCUT2D eigenvalue weighted by Gasteiger charge is 2.34. The fourth-order valence-corrected chi connectivity index (χ4v) is 3.80. The van der Waals surface area contributed by atoms with E-state index in [2.05, 4.69) is 0 Å². The van der Waals surface area contributed by atoms with Gasteiger partial charge in [0.15, 0.2) is 5.70 Å². The number of phenolic OH excluding ortho intramolecular Hbond substituents is 1. The van der Waals surface area contributed by atoms with Gasteiger partial charge in [-0.1, -0.05) is 18.2 Å². The predicted octanol–water partition coefficient (Wildman–Crippen LogP) is 3.51. The van der Waals surface area contributed by atoms with Gasteiger partial charge in [-0.2, -0.15) is 0 Å². The van der Waals surface area contributed by atoms with Crippen LogP contribution < -0.4 is 5.73 Å². The lowest BCUT2D eigenvalue weighted by Crippen LogP contribution is -2.39. The first-order valence-electron chi connectivity index (χ1n) is 9.08. The first-order chi connectivity index (χ1) is 13.0. The van der Waals surface area contributed by atoms with Crippen molar-refractivity contribution in [3.05, 3.63) is 70.2 Å². The molecule has 1 radical (unpaired) electrons. The summed E-state index contributed by atoms with van der Waals surface area (Å²) in [5.41, 5.74) is 12.2. The van der Waals surface area contributed by atoms with E-state index in [0.29, 0.717) is 13.0 Å². The van der Waals surface area contributed by atoms with Crippen molar-refractivity contribution in [3.8, 4) is 5.75 Å².